The molecule has 0 atom stereocenters. The number of hydrogen-bond donors (Lipinski definition) is 1. The number of benzene rings is 1. The Labute approximate surface area is 117 Å². The summed E-state index contributed by atoms with van der Waals surface area (Å²) in [5, 5.41) is 11.7. The lowest BCUT2D eigenvalue weighted by Gasteiger charge is -2.10. The quantitative estimate of drug-likeness (QED) is 0.487. The molecular weight excluding hydrogens is 260 g/mol. The number of methoxy groups -OCH3 is 2. The molecule has 0 spiro atoms. The fraction of sp³-hybridized carbons (Fsp3) is 0.286. The molecule has 0 saturated heterocycles. The Balaban J connectivity index is 2.92. The molecule has 0 unspecified atom stereocenters. The Kier molecular flexibility index (Phi) is 5.91. The van der Waals surface area contributed by atoms with Crippen LogP contribution < -0.4 is 14.8 Å². The van der Waals surface area contributed by atoms with Gasteiger partial charge in [-0.3, -0.25) is 0 Å². The first kappa shape index (κ1) is 15.4. The van der Waals surface area contributed by atoms with Crippen molar-refractivity contribution in [2.24, 2.45) is 0 Å². The molecule has 0 heterocycles. The zero-order valence-electron chi connectivity index (χ0n) is 11.6. The molecule has 0 aliphatic rings. The maximum absolute atomic E-state index is 11.4. The van der Waals surface area contributed by atoms with Gasteiger partial charge in [0.2, 0.25) is 0 Å². The topological polar surface area (TPSA) is 80.6 Å². The molecule has 0 aromatic heterocycles. The van der Waals surface area contributed by atoms with Gasteiger partial charge in [-0.25, -0.2) is 4.79 Å². The van der Waals surface area contributed by atoms with Gasteiger partial charge < -0.3 is 19.5 Å². The molecule has 0 saturated carbocycles. The standard InChI is InChI=1S/C14H16N2O4/c1-4-20-14(17)10(8-15)9-16-12-6-5-11(18-2)7-13(12)19-3/h5-7,9,16H,4H2,1-3H3/b10-9+. The van der Waals surface area contributed by atoms with Gasteiger partial charge in [-0.15, -0.1) is 0 Å². The molecule has 0 aliphatic carbocycles. The molecule has 1 aromatic carbocycles. The fourth-order valence-electron chi connectivity index (χ4n) is 1.41. The lowest BCUT2D eigenvalue weighted by Crippen LogP contribution is -2.08. The monoisotopic (exact) mass is 276 g/mol. The van der Waals surface area contributed by atoms with Crippen molar-refractivity contribution < 1.29 is 19.0 Å². The number of nitrogens with one attached hydrogen (secondary N) is 1. The van der Waals surface area contributed by atoms with E-state index in [1.54, 1.807) is 38.3 Å². The number of hydrogen-bond acceptors (Lipinski definition) is 6. The largest absolute Gasteiger partial charge is 0.497 e. The Morgan fingerprint density at radius 3 is 2.70 bits per heavy atom. The summed E-state index contributed by atoms with van der Waals surface area (Å²) in [6.45, 7) is 1.89. The lowest BCUT2D eigenvalue weighted by molar-refractivity contribution is -0.138. The highest BCUT2D eigenvalue weighted by Crippen LogP contribution is 2.29. The maximum Gasteiger partial charge on any atom is 0.350 e. The molecule has 1 rings (SSSR count). The van der Waals surface area contributed by atoms with Crippen molar-refractivity contribution in [2.75, 3.05) is 26.1 Å². The van der Waals surface area contributed by atoms with Gasteiger partial charge in [-0.1, -0.05) is 0 Å². The van der Waals surface area contributed by atoms with Gasteiger partial charge in [0.15, 0.2) is 5.57 Å². The smallest absolute Gasteiger partial charge is 0.350 e. The van der Waals surface area contributed by atoms with Crippen LogP contribution in [-0.2, 0) is 9.53 Å². The fourth-order valence-corrected chi connectivity index (χ4v) is 1.41. The molecule has 0 bridgehead atoms. The molecule has 1 N–H and O–H groups in total. The van der Waals surface area contributed by atoms with Gasteiger partial charge in [0.1, 0.15) is 17.6 Å². The van der Waals surface area contributed by atoms with Gasteiger partial charge in [0.05, 0.1) is 26.5 Å². The zero-order chi connectivity index (χ0) is 15.0. The minimum atomic E-state index is -0.671. The summed E-state index contributed by atoms with van der Waals surface area (Å²) in [7, 11) is 3.07. The Morgan fingerprint density at radius 1 is 1.40 bits per heavy atom. The Hall–Kier alpha value is -2.68. The van der Waals surface area contributed by atoms with Crippen LogP contribution in [0.15, 0.2) is 30.0 Å². The average molecular weight is 276 g/mol. The number of carbonyl (C=O) groups is 1. The van der Waals surface area contributed by atoms with E-state index in [0.29, 0.717) is 17.2 Å². The molecule has 106 valence electrons. The zero-order valence-corrected chi connectivity index (χ0v) is 11.6. The second kappa shape index (κ2) is 7.69. The number of rotatable bonds is 6. The van der Waals surface area contributed by atoms with E-state index in [4.69, 9.17) is 19.5 Å². The van der Waals surface area contributed by atoms with E-state index in [0.717, 1.165) is 0 Å². The molecule has 0 radical (unpaired) electrons. The van der Waals surface area contributed by atoms with E-state index in [-0.39, 0.29) is 12.2 Å². The molecule has 1 aromatic rings. The van der Waals surface area contributed by atoms with Crippen LogP contribution in [0, 0.1) is 11.3 Å². The van der Waals surface area contributed by atoms with Gasteiger partial charge in [0.25, 0.3) is 0 Å². The molecule has 6 heteroatoms. The minimum absolute atomic E-state index is 0.121. The van der Waals surface area contributed by atoms with Crippen LogP contribution >= 0.6 is 0 Å². The first-order valence-electron chi connectivity index (χ1n) is 5.92. The number of nitrogens with zero attached hydrogens (tertiary/aromatic N) is 1. The van der Waals surface area contributed by atoms with Crippen LogP contribution in [0.25, 0.3) is 0 Å². The maximum atomic E-state index is 11.4. The van der Waals surface area contributed by atoms with Gasteiger partial charge in [0, 0.05) is 12.3 Å². The third-order valence-corrected chi connectivity index (χ3v) is 2.40. The highest BCUT2D eigenvalue weighted by Gasteiger charge is 2.10. The SMILES string of the molecule is CCOC(=O)/C(C#N)=C/Nc1ccc(OC)cc1OC. The van der Waals surface area contributed by atoms with E-state index >= 15 is 0 Å². The van der Waals surface area contributed by atoms with Crippen molar-refractivity contribution >= 4 is 11.7 Å². The van der Waals surface area contributed by atoms with Crippen molar-refractivity contribution in [3.05, 3.63) is 30.0 Å². The van der Waals surface area contributed by atoms with Crippen LogP contribution in [0.4, 0.5) is 5.69 Å². The predicted octanol–water partition coefficient (Wildman–Crippen LogP) is 2.09. The highest BCUT2D eigenvalue weighted by molar-refractivity contribution is 5.93. The highest BCUT2D eigenvalue weighted by atomic mass is 16.5. The summed E-state index contributed by atoms with van der Waals surface area (Å²) < 4.78 is 15.0. The van der Waals surface area contributed by atoms with E-state index in [1.807, 2.05) is 0 Å². The number of esters is 1. The summed E-state index contributed by atoms with van der Waals surface area (Å²) in [6.07, 6.45) is 1.28. The van der Waals surface area contributed by atoms with Crippen LogP contribution in [0.5, 0.6) is 11.5 Å². The number of ether oxygens (including phenoxy) is 3. The summed E-state index contributed by atoms with van der Waals surface area (Å²) in [5.74, 6) is 0.499. The van der Waals surface area contributed by atoms with Gasteiger partial charge in [-0.05, 0) is 19.1 Å². The first-order chi connectivity index (χ1) is 9.65. The number of carbonyl (C=O) groups excluding carboxylic acids is 1. The molecular formula is C14H16N2O4. The second-order valence-electron chi connectivity index (χ2n) is 3.60. The third-order valence-electron chi connectivity index (χ3n) is 2.40. The minimum Gasteiger partial charge on any atom is -0.497 e. The van der Waals surface area contributed by atoms with E-state index in [9.17, 15) is 4.79 Å². The first-order valence-corrected chi connectivity index (χ1v) is 5.92. The number of nitriles is 1. The van der Waals surface area contributed by atoms with E-state index in [2.05, 4.69) is 5.32 Å². The molecule has 20 heavy (non-hydrogen) atoms. The van der Waals surface area contributed by atoms with Crippen LogP contribution in [0.3, 0.4) is 0 Å². The van der Waals surface area contributed by atoms with E-state index < -0.39 is 5.97 Å². The molecule has 0 aliphatic heterocycles. The van der Waals surface area contributed by atoms with Crippen molar-refractivity contribution in [1.29, 1.82) is 5.26 Å². The van der Waals surface area contributed by atoms with Crippen LogP contribution in [0.2, 0.25) is 0 Å². The molecule has 0 fully saturated rings. The lowest BCUT2D eigenvalue weighted by atomic mass is 10.2. The third kappa shape index (κ3) is 3.92. The molecule has 6 nitrogen and oxygen atoms in total. The van der Waals surface area contributed by atoms with Crippen LogP contribution in [0.1, 0.15) is 6.92 Å². The van der Waals surface area contributed by atoms with Crippen molar-refractivity contribution in [1.82, 2.24) is 0 Å². The Morgan fingerprint density at radius 2 is 2.15 bits per heavy atom. The van der Waals surface area contributed by atoms with Crippen LogP contribution in [-0.4, -0.2) is 26.8 Å². The normalized spacial score (nSPS) is 10.4. The van der Waals surface area contributed by atoms with E-state index in [1.165, 1.54) is 13.3 Å². The predicted molar refractivity (Wildman–Crippen MR) is 73.5 cm³/mol. The Bertz CT molecular complexity index is 547. The number of anilines is 1. The van der Waals surface area contributed by atoms with Crippen molar-refractivity contribution in [3.8, 4) is 17.6 Å². The second-order valence-corrected chi connectivity index (χ2v) is 3.60. The summed E-state index contributed by atoms with van der Waals surface area (Å²) in [4.78, 5) is 11.4. The van der Waals surface area contributed by atoms with Crippen molar-refractivity contribution in [3.63, 3.8) is 0 Å². The van der Waals surface area contributed by atoms with Gasteiger partial charge >= 0.3 is 5.97 Å². The van der Waals surface area contributed by atoms with Gasteiger partial charge in [-0.2, -0.15) is 5.26 Å². The summed E-state index contributed by atoms with van der Waals surface area (Å²) >= 11 is 0. The summed E-state index contributed by atoms with van der Waals surface area (Å²) in [6, 6.07) is 6.91. The average Bonchev–Trinajstić information content (AvgIpc) is 2.48. The molecule has 0 amide bonds. The summed E-state index contributed by atoms with van der Waals surface area (Å²) in [5.41, 5.74) is 0.482. The van der Waals surface area contributed by atoms with Crippen molar-refractivity contribution in [2.45, 2.75) is 6.92 Å².